The average molecular weight is 223 g/mol. The van der Waals surface area contributed by atoms with Crippen LogP contribution in [0.25, 0.3) is 0 Å². The van der Waals surface area contributed by atoms with E-state index in [1.54, 1.807) is 6.20 Å². The number of aliphatic hydroxyl groups is 1. The Bertz CT molecular complexity index is 339. The van der Waals surface area contributed by atoms with Crippen LogP contribution in [0.3, 0.4) is 0 Å². The lowest BCUT2D eigenvalue weighted by molar-refractivity contribution is 0.215. The van der Waals surface area contributed by atoms with Gasteiger partial charge in [-0.25, -0.2) is 4.98 Å². The van der Waals surface area contributed by atoms with Gasteiger partial charge in [-0.05, 0) is 27.0 Å². The van der Waals surface area contributed by atoms with E-state index in [0.29, 0.717) is 0 Å². The molecule has 4 heteroatoms. The maximum atomic E-state index is 9.36. The molecule has 0 fully saturated rings. The molecule has 0 amide bonds. The molecular formula is C12H21N3O. The summed E-state index contributed by atoms with van der Waals surface area (Å²) in [5.41, 5.74) is 0.825. The van der Waals surface area contributed by atoms with E-state index in [1.807, 2.05) is 45.0 Å². The summed E-state index contributed by atoms with van der Waals surface area (Å²) < 4.78 is 0. The summed E-state index contributed by atoms with van der Waals surface area (Å²) in [6.07, 6.45) is 1.78. The monoisotopic (exact) mass is 223 g/mol. The number of aliphatic hydroxyl groups excluding tert-OH is 1. The molecule has 16 heavy (non-hydrogen) atoms. The highest BCUT2D eigenvalue weighted by Gasteiger charge is 2.25. The molecule has 0 spiro atoms. The van der Waals surface area contributed by atoms with E-state index in [9.17, 15) is 5.11 Å². The van der Waals surface area contributed by atoms with Gasteiger partial charge in [-0.15, -0.1) is 0 Å². The molecule has 0 bridgehead atoms. The Balaban J connectivity index is 3.02. The molecule has 1 heterocycles. The first-order chi connectivity index (χ1) is 7.53. The second kappa shape index (κ2) is 5.27. The van der Waals surface area contributed by atoms with Crippen LogP contribution < -0.4 is 10.2 Å². The smallest absolute Gasteiger partial charge is 0.133 e. The summed E-state index contributed by atoms with van der Waals surface area (Å²) in [5.74, 6) is 0.913. The number of anilines is 1. The van der Waals surface area contributed by atoms with Crippen LogP contribution in [0, 0.1) is 0 Å². The largest absolute Gasteiger partial charge is 0.394 e. The Hall–Kier alpha value is -1.13. The third kappa shape index (κ3) is 2.71. The number of pyridine rings is 1. The van der Waals surface area contributed by atoms with Crippen LogP contribution in [0.15, 0.2) is 18.3 Å². The van der Waals surface area contributed by atoms with Gasteiger partial charge in [0.15, 0.2) is 0 Å². The summed E-state index contributed by atoms with van der Waals surface area (Å²) in [5, 5.41) is 12.5. The lowest BCUT2D eigenvalue weighted by Gasteiger charge is -2.36. The van der Waals surface area contributed by atoms with Gasteiger partial charge < -0.3 is 15.3 Å². The van der Waals surface area contributed by atoms with Crippen molar-refractivity contribution in [2.75, 3.05) is 25.6 Å². The van der Waals surface area contributed by atoms with Gasteiger partial charge in [-0.3, -0.25) is 0 Å². The van der Waals surface area contributed by atoms with Crippen molar-refractivity contribution in [2.24, 2.45) is 0 Å². The molecule has 0 atom stereocenters. The fourth-order valence-electron chi connectivity index (χ4n) is 1.45. The highest BCUT2D eigenvalue weighted by Crippen LogP contribution is 2.23. The van der Waals surface area contributed by atoms with Crippen molar-refractivity contribution in [1.82, 2.24) is 10.3 Å². The normalized spacial score (nSPS) is 11.6. The molecule has 0 aromatic carbocycles. The molecule has 0 aliphatic carbocycles. The zero-order valence-corrected chi connectivity index (χ0v) is 10.5. The van der Waals surface area contributed by atoms with E-state index < -0.39 is 0 Å². The van der Waals surface area contributed by atoms with E-state index in [1.165, 1.54) is 0 Å². The fourth-order valence-corrected chi connectivity index (χ4v) is 1.45. The summed E-state index contributed by atoms with van der Waals surface area (Å²) in [4.78, 5) is 6.40. The summed E-state index contributed by atoms with van der Waals surface area (Å²) in [6, 6.07) is 3.97. The molecule has 1 aromatic heterocycles. The third-order valence-corrected chi connectivity index (χ3v) is 2.85. The van der Waals surface area contributed by atoms with Gasteiger partial charge in [-0.2, -0.15) is 0 Å². The fraction of sp³-hybridized carbons (Fsp3) is 0.583. The first kappa shape index (κ1) is 12.9. The first-order valence-electron chi connectivity index (χ1n) is 5.46. The van der Waals surface area contributed by atoms with Gasteiger partial charge in [0.05, 0.1) is 12.1 Å². The van der Waals surface area contributed by atoms with E-state index in [2.05, 4.69) is 10.3 Å². The molecule has 0 aliphatic heterocycles. The summed E-state index contributed by atoms with van der Waals surface area (Å²) in [6.45, 7) is 4.85. The highest BCUT2D eigenvalue weighted by molar-refractivity contribution is 5.48. The second-order valence-corrected chi connectivity index (χ2v) is 4.55. The van der Waals surface area contributed by atoms with Gasteiger partial charge in [-0.1, -0.05) is 6.07 Å². The SMILES string of the molecule is CNCc1cccnc1N(C)C(C)(C)CO. The standard InChI is InChI=1S/C12H21N3O/c1-12(2,9-16)15(4)11-10(8-13-3)6-5-7-14-11/h5-7,13,16H,8-9H2,1-4H3. The molecule has 90 valence electrons. The topological polar surface area (TPSA) is 48.4 Å². The average Bonchev–Trinajstić information content (AvgIpc) is 2.29. The van der Waals surface area contributed by atoms with Crippen LogP contribution in [0.2, 0.25) is 0 Å². The Labute approximate surface area is 97.3 Å². The number of rotatable bonds is 5. The number of nitrogens with one attached hydrogen (secondary N) is 1. The minimum atomic E-state index is -0.309. The Morgan fingerprint density at radius 2 is 2.19 bits per heavy atom. The van der Waals surface area contributed by atoms with Gasteiger partial charge >= 0.3 is 0 Å². The van der Waals surface area contributed by atoms with E-state index in [0.717, 1.165) is 17.9 Å². The predicted molar refractivity (Wildman–Crippen MR) is 66.6 cm³/mol. The van der Waals surface area contributed by atoms with Gasteiger partial charge in [0.1, 0.15) is 5.82 Å². The van der Waals surface area contributed by atoms with Crippen molar-refractivity contribution in [3.63, 3.8) is 0 Å². The molecule has 4 nitrogen and oxygen atoms in total. The highest BCUT2D eigenvalue weighted by atomic mass is 16.3. The number of aromatic nitrogens is 1. The van der Waals surface area contributed by atoms with E-state index >= 15 is 0 Å². The Morgan fingerprint density at radius 3 is 2.75 bits per heavy atom. The molecule has 0 unspecified atom stereocenters. The van der Waals surface area contributed by atoms with Crippen LogP contribution in [-0.4, -0.2) is 36.3 Å². The summed E-state index contributed by atoms with van der Waals surface area (Å²) >= 11 is 0. The van der Waals surface area contributed by atoms with Crippen LogP contribution in [0.5, 0.6) is 0 Å². The lowest BCUT2D eigenvalue weighted by Crippen LogP contribution is -2.45. The van der Waals surface area contributed by atoms with Gasteiger partial charge in [0.2, 0.25) is 0 Å². The van der Waals surface area contributed by atoms with E-state index in [-0.39, 0.29) is 12.1 Å². The third-order valence-electron chi connectivity index (χ3n) is 2.85. The molecule has 1 aromatic rings. The first-order valence-corrected chi connectivity index (χ1v) is 5.46. The quantitative estimate of drug-likeness (QED) is 0.782. The molecule has 0 saturated heterocycles. The van der Waals surface area contributed by atoms with Crippen LogP contribution in [0.1, 0.15) is 19.4 Å². The predicted octanol–water partition coefficient (Wildman–Crippen LogP) is 1.01. The Kier molecular flexibility index (Phi) is 4.26. The number of nitrogens with zero attached hydrogens (tertiary/aromatic N) is 2. The van der Waals surface area contributed by atoms with Crippen molar-refractivity contribution in [3.8, 4) is 0 Å². The summed E-state index contributed by atoms with van der Waals surface area (Å²) in [7, 11) is 3.87. The van der Waals surface area contributed by atoms with Crippen molar-refractivity contribution in [1.29, 1.82) is 0 Å². The van der Waals surface area contributed by atoms with Crippen molar-refractivity contribution in [2.45, 2.75) is 25.9 Å². The molecule has 2 N–H and O–H groups in total. The van der Waals surface area contributed by atoms with Crippen molar-refractivity contribution >= 4 is 5.82 Å². The molecule has 1 rings (SSSR count). The molecular weight excluding hydrogens is 202 g/mol. The second-order valence-electron chi connectivity index (χ2n) is 4.55. The maximum absolute atomic E-state index is 9.36. The number of hydrogen-bond donors (Lipinski definition) is 2. The van der Waals surface area contributed by atoms with Crippen molar-refractivity contribution in [3.05, 3.63) is 23.9 Å². The lowest BCUT2D eigenvalue weighted by atomic mass is 10.0. The molecule has 0 saturated carbocycles. The molecule has 0 radical (unpaired) electrons. The Morgan fingerprint density at radius 1 is 1.50 bits per heavy atom. The van der Waals surface area contributed by atoms with Crippen LogP contribution in [0.4, 0.5) is 5.82 Å². The van der Waals surface area contributed by atoms with Crippen LogP contribution in [-0.2, 0) is 6.54 Å². The van der Waals surface area contributed by atoms with Gasteiger partial charge in [0, 0.05) is 25.4 Å². The number of hydrogen-bond acceptors (Lipinski definition) is 4. The maximum Gasteiger partial charge on any atom is 0.133 e. The van der Waals surface area contributed by atoms with E-state index in [4.69, 9.17) is 0 Å². The van der Waals surface area contributed by atoms with Crippen molar-refractivity contribution < 1.29 is 5.11 Å². The number of likely N-dealkylation sites (N-methyl/N-ethyl adjacent to an activating group) is 1. The zero-order chi connectivity index (χ0) is 12.2. The minimum Gasteiger partial charge on any atom is -0.394 e. The van der Waals surface area contributed by atoms with Crippen LogP contribution >= 0.6 is 0 Å². The zero-order valence-electron chi connectivity index (χ0n) is 10.5. The minimum absolute atomic E-state index is 0.0963. The van der Waals surface area contributed by atoms with Gasteiger partial charge in [0.25, 0.3) is 0 Å². The molecule has 0 aliphatic rings.